The summed E-state index contributed by atoms with van der Waals surface area (Å²) in [4.78, 5) is 29.9. The number of aromatic amines is 1. The van der Waals surface area contributed by atoms with E-state index in [-0.39, 0.29) is 17.0 Å². The number of nitrogens with one attached hydrogen (secondary N) is 2. The fraction of sp³-hybridized carbons (Fsp3) is 0.250. The molecule has 1 saturated heterocycles. The number of hydrogen-bond acceptors (Lipinski definition) is 4. The highest BCUT2D eigenvalue weighted by molar-refractivity contribution is 5.94. The van der Waals surface area contributed by atoms with E-state index in [1.165, 1.54) is 0 Å². The summed E-state index contributed by atoms with van der Waals surface area (Å²) in [6, 6.07) is 21.5. The van der Waals surface area contributed by atoms with Crippen LogP contribution >= 0.6 is 0 Å². The minimum absolute atomic E-state index is 0.127. The van der Waals surface area contributed by atoms with Gasteiger partial charge in [0.05, 0.1) is 13.2 Å². The molecule has 2 N–H and O–H groups in total. The molecule has 0 aliphatic carbocycles. The number of rotatable bonds is 6. The Morgan fingerprint density at radius 2 is 1.57 bits per heavy atom. The summed E-state index contributed by atoms with van der Waals surface area (Å²) in [6.45, 7) is 4.44. The fourth-order valence-corrected chi connectivity index (χ4v) is 3.54. The van der Waals surface area contributed by atoms with Crippen molar-refractivity contribution >= 4 is 5.91 Å². The van der Waals surface area contributed by atoms with E-state index < -0.39 is 0 Å². The molecule has 1 aromatic heterocycles. The second-order valence-corrected chi connectivity index (χ2v) is 7.27. The largest absolute Gasteiger partial charge is 0.379 e. The number of hydrogen-bond donors (Lipinski definition) is 2. The summed E-state index contributed by atoms with van der Waals surface area (Å²) >= 11 is 0. The Morgan fingerprint density at radius 1 is 0.900 bits per heavy atom. The van der Waals surface area contributed by atoms with Crippen LogP contribution in [0.2, 0.25) is 0 Å². The molecule has 0 saturated carbocycles. The normalized spacial score (nSPS) is 14.4. The Kier molecular flexibility index (Phi) is 6.37. The minimum Gasteiger partial charge on any atom is -0.379 e. The molecule has 6 nitrogen and oxygen atoms in total. The van der Waals surface area contributed by atoms with Gasteiger partial charge in [-0.3, -0.25) is 14.5 Å². The summed E-state index contributed by atoms with van der Waals surface area (Å²) in [5.41, 5.74) is 3.57. The number of ether oxygens (including phenoxy) is 1. The standard InChI is InChI=1S/C24H25N3O3/c28-23(25-12-13-27-14-16-30-17-15-27)21-10-11-22(26-24(21)29)20-8-6-19(7-9-20)18-4-2-1-3-5-18/h1-11H,12-17H2,(H,25,28)(H,26,29). The molecule has 3 aromatic rings. The van der Waals surface area contributed by atoms with E-state index in [1.54, 1.807) is 12.1 Å². The van der Waals surface area contributed by atoms with Crippen molar-refractivity contribution in [1.82, 2.24) is 15.2 Å². The molecule has 0 atom stereocenters. The molecule has 30 heavy (non-hydrogen) atoms. The topological polar surface area (TPSA) is 74.4 Å². The number of benzene rings is 2. The first kappa shape index (κ1) is 20.1. The Labute approximate surface area is 175 Å². The SMILES string of the molecule is O=C(NCCN1CCOCC1)c1ccc(-c2ccc(-c3ccccc3)cc2)[nH]c1=O. The molecule has 1 amide bonds. The number of amides is 1. The van der Waals surface area contributed by atoms with Crippen LogP contribution in [0.3, 0.4) is 0 Å². The minimum atomic E-state index is -0.386. The third-order valence-corrected chi connectivity index (χ3v) is 5.27. The van der Waals surface area contributed by atoms with E-state index in [0.717, 1.165) is 49.5 Å². The average molecular weight is 403 g/mol. The van der Waals surface area contributed by atoms with Crippen molar-refractivity contribution in [1.29, 1.82) is 0 Å². The van der Waals surface area contributed by atoms with Crippen LogP contribution in [-0.2, 0) is 4.74 Å². The van der Waals surface area contributed by atoms with Crippen LogP contribution in [0.15, 0.2) is 71.5 Å². The van der Waals surface area contributed by atoms with Crippen LogP contribution in [-0.4, -0.2) is 55.2 Å². The number of H-pyrrole nitrogens is 1. The van der Waals surface area contributed by atoms with Crippen LogP contribution < -0.4 is 10.9 Å². The van der Waals surface area contributed by atoms with Gasteiger partial charge in [-0.05, 0) is 28.8 Å². The predicted molar refractivity (Wildman–Crippen MR) is 118 cm³/mol. The number of carbonyl (C=O) groups excluding carboxylic acids is 1. The third kappa shape index (κ3) is 4.84. The van der Waals surface area contributed by atoms with E-state index in [0.29, 0.717) is 12.2 Å². The first-order chi connectivity index (χ1) is 14.7. The molecule has 2 heterocycles. The Hall–Kier alpha value is -3.22. The number of aromatic nitrogens is 1. The number of nitrogens with zero attached hydrogens (tertiary/aromatic N) is 1. The summed E-state index contributed by atoms with van der Waals surface area (Å²) < 4.78 is 5.31. The molecule has 1 aliphatic heterocycles. The van der Waals surface area contributed by atoms with Gasteiger partial charge < -0.3 is 15.0 Å². The van der Waals surface area contributed by atoms with Crippen molar-refractivity contribution in [3.63, 3.8) is 0 Å². The van der Waals surface area contributed by atoms with Crippen LogP contribution in [0.25, 0.3) is 22.4 Å². The molecule has 2 aromatic carbocycles. The molecule has 154 valence electrons. The second kappa shape index (κ2) is 9.52. The lowest BCUT2D eigenvalue weighted by atomic mass is 10.0. The van der Waals surface area contributed by atoms with Crippen molar-refractivity contribution in [3.05, 3.63) is 82.6 Å². The highest BCUT2D eigenvalue weighted by Gasteiger charge is 2.13. The molecule has 0 unspecified atom stereocenters. The molecular weight excluding hydrogens is 378 g/mol. The third-order valence-electron chi connectivity index (χ3n) is 5.27. The van der Waals surface area contributed by atoms with E-state index in [9.17, 15) is 9.59 Å². The first-order valence-corrected chi connectivity index (χ1v) is 10.2. The van der Waals surface area contributed by atoms with Crippen molar-refractivity contribution < 1.29 is 9.53 Å². The zero-order chi connectivity index (χ0) is 20.8. The molecule has 6 heteroatoms. The zero-order valence-corrected chi connectivity index (χ0v) is 16.8. The van der Waals surface area contributed by atoms with E-state index in [4.69, 9.17) is 4.74 Å². The first-order valence-electron chi connectivity index (χ1n) is 10.2. The maximum Gasteiger partial charge on any atom is 0.261 e. The zero-order valence-electron chi connectivity index (χ0n) is 16.8. The van der Waals surface area contributed by atoms with Crippen LogP contribution in [0, 0.1) is 0 Å². The van der Waals surface area contributed by atoms with Crippen molar-refractivity contribution in [3.8, 4) is 22.4 Å². The van der Waals surface area contributed by atoms with Crippen molar-refractivity contribution in [2.45, 2.75) is 0 Å². The maximum absolute atomic E-state index is 12.5. The van der Waals surface area contributed by atoms with E-state index in [1.807, 2.05) is 42.5 Å². The molecule has 0 spiro atoms. The van der Waals surface area contributed by atoms with Gasteiger partial charge in [-0.15, -0.1) is 0 Å². The molecule has 0 radical (unpaired) electrons. The van der Waals surface area contributed by atoms with Crippen LogP contribution in [0.4, 0.5) is 0 Å². The van der Waals surface area contributed by atoms with Gasteiger partial charge in [0.2, 0.25) is 0 Å². The average Bonchev–Trinajstić information content (AvgIpc) is 2.80. The van der Waals surface area contributed by atoms with Crippen LogP contribution in [0.5, 0.6) is 0 Å². The second-order valence-electron chi connectivity index (χ2n) is 7.27. The Bertz CT molecular complexity index is 1040. The number of pyridine rings is 1. The quantitative estimate of drug-likeness (QED) is 0.664. The molecule has 4 rings (SSSR count). The fourth-order valence-electron chi connectivity index (χ4n) is 3.54. The lowest BCUT2D eigenvalue weighted by Gasteiger charge is -2.26. The molecule has 0 bridgehead atoms. The monoisotopic (exact) mass is 403 g/mol. The van der Waals surface area contributed by atoms with Gasteiger partial charge in [0, 0.05) is 31.9 Å². The smallest absolute Gasteiger partial charge is 0.261 e. The van der Waals surface area contributed by atoms with Gasteiger partial charge in [0.25, 0.3) is 11.5 Å². The van der Waals surface area contributed by atoms with Crippen molar-refractivity contribution in [2.24, 2.45) is 0 Å². The lowest BCUT2D eigenvalue weighted by molar-refractivity contribution is 0.0383. The van der Waals surface area contributed by atoms with Gasteiger partial charge in [0.1, 0.15) is 5.56 Å². The van der Waals surface area contributed by atoms with Gasteiger partial charge in [0.15, 0.2) is 0 Å². The Morgan fingerprint density at radius 3 is 2.27 bits per heavy atom. The maximum atomic E-state index is 12.5. The highest BCUT2D eigenvalue weighted by Crippen LogP contribution is 2.23. The lowest BCUT2D eigenvalue weighted by Crippen LogP contribution is -2.42. The number of carbonyl (C=O) groups is 1. The summed E-state index contributed by atoms with van der Waals surface area (Å²) in [6.07, 6.45) is 0. The van der Waals surface area contributed by atoms with Crippen LogP contribution in [0.1, 0.15) is 10.4 Å². The molecular formula is C24H25N3O3. The van der Waals surface area contributed by atoms with E-state index >= 15 is 0 Å². The summed E-state index contributed by atoms with van der Waals surface area (Å²) in [5, 5.41) is 2.83. The van der Waals surface area contributed by atoms with Gasteiger partial charge in [-0.1, -0.05) is 54.6 Å². The van der Waals surface area contributed by atoms with Crippen molar-refractivity contribution in [2.75, 3.05) is 39.4 Å². The highest BCUT2D eigenvalue weighted by atomic mass is 16.5. The Balaban J connectivity index is 1.40. The summed E-state index contributed by atoms with van der Waals surface area (Å²) in [5.74, 6) is -0.351. The number of morpholine rings is 1. The van der Waals surface area contributed by atoms with Gasteiger partial charge in [-0.25, -0.2) is 0 Å². The molecule has 1 aliphatic rings. The predicted octanol–water partition coefficient (Wildman–Crippen LogP) is 2.77. The van der Waals surface area contributed by atoms with E-state index in [2.05, 4.69) is 27.3 Å². The van der Waals surface area contributed by atoms with Gasteiger partial charge >= 0.3 is 0 Å². The summed E-state index contributed by atoms with van der Waals surface area (Å²) in [7, 11) is 0. The van der Waals surface area contributed by atoms with Gasteiger partial charge in [-0.2, -0.15) is 0 Å². The molecule has 1 fully saturated rings.